The lowest BCUT2D eigenvalue weighted by molar-refractivity contribution is -0.127. The van der Waals surface area contributed by atoms with E-state index in [4.69, 9.17) is 4.74 Å². The maximum atomic E-state index is 12.6. The molecule has 0 spiro atoms. The first kappa shape index (κ1) is 20.9. The molecule has 1 atom stereocenters. The summed E-state index contributed by atoms with van der Waals surface area (Å²) in [7, 11) is 0. The lowest BCUT2D eigenvalue weighted by atomic mass is 10.0. The third kappa shape index (κ3) is 5.16. The number of nitrogens with zero attached hydrogens (tertiary/aromatic N) is 4. The van der Waals surface area contributed by atoms with E-state index < -0.39 is 17.7 Å². The first-order valence-corrected chi connectivity index (χ1v) is 10.1. The predicted molar refractivity (Wildman–Crippen MR) is 108 cm³/mol. The molecule has 29 heavy (non-hydrogen) atoms. The number of hydrogen-bond donors (Lipinski definition) is 1. The Bertz CT molecular complexity index is 927. The topological polar surface area (TPSA) is 97.9 Å². The molecule has 3 heterocycles. The number of amides is 2. The van der Waals surface area contributed by atoms with Crippen molar-refractivity contribution in [3.63, 3.8) is 0 Å². The molecule has 3 rings (SSSR count). The first-order chi connectivity index (χ1) is 13.8. The summed E-state index contributed by atoms with van der Waals surface area (Å²) in [5.41, 5.74) is -0.205. The largest absolute Gasteiger partial charge is 0.444 e. The van der Waals surface area contributed by atoms with Crippen LogP contribution in [0.25, 0.3) is 5.65 Å². The van der Waals surface area contributed by atoms with Crippen molar-refractivity contribution in [1.29, 1.82) is 0 Å². The molecule has 1 aliphatic rings. The van der Waals surface area contributed by atoms with Gasteiger partial charge >= 0.3 is 11.8 Å². The van der Waals surface area contributed by atoms with Gasteiger partial charge in [-0.1, -0.05) is 6.07 Å². The van der Waals surface area contributed by atoms with Gasteiger partial charge in [0.2, 0.25) is 5.91 Å². The Labute approximate surface area is 169 Å². The SMILES string of the molecule is CC(C)(C)OC(=O)N1CCCCC1C(=O)NCCCn1nc2ccccn2c1=O. The van der Waals surface area contributed by atoms with Crippen molar-refractivity contribution in [1.82, 2.24) is 24.4 Å². The summed E-state index contributed by atoms with van der Waals surface area (Å²) in [4.78, 5) is 38.9. The Morgan fingerprint density at radius 1 is 1.28 bits per heavy atom. The molecule has 1 aliphatic heterocycles. The van der Waals surface area contributed by atoms with Crippen LogP contribution in [-0.4, -0.2) is 55.8 Å². The van der Waals surface area contributed by atoms with Crippen molar-refractivity contribution in [3.8, 4) is 0 Å². The molecule has 1 saturated heterocycles. The van der Waals surface area contributed by atoms with Gasteiger partial charge in [-0.15, -0.1) is 5.10 Å². The van der Waals surface area contributed by atoms with Crippen LogP contribution in [0, 0.1) is 0 Å². The average Bonchev–Trinajstić information content (AvgIpc) is 3.00. The molecular formula is C20H29N5O4. The normalized spacial score (nSPS) is 17.3. The van der Waals surface area contributed by atoms with Gasteiger partial charge in [-0.3, -0.25) is 14.1 Å². The summed E-state index contributed by atoms with van der Waals surface area (Å²) in [6.07, 6.45) is 4.17. The van der Waals surface area contributed by atoms with Crippen molar-refractivity contribution >= 4 is 17.6 Å². The molecule has 2 aromatic rings. The van der Waals surface area contributed by atoms with E-state index in [9.17, 15) is 14.4 Å². The van der Waals surface area contributed by atoms with Crippen LogP contribution in [0.3, 0.4) is 0 Å². The number of piperidine rings is 1. The molecule has 1 fully saturated rings. The number of carbonyl (C=O) groups excluding carboxylic acids is 2. The van der Waals surface area contributed by atoms with E-state index in [2.05, 4.69) is 10.4 Å². The van der Waals surface area contributed by atoms with E-state index in [1.807, 2.05) is 26.8 Å². The van der Waals surface area contributed by atoms with Crippen LogP contribution in [0.15, 0.2) is 29.2 Å². The highest BCUT2D eigenvalue weighted by molar-refractivity contribution is 5.85. The number of nitrogens with one attached hydrogen (secondary N) is 1. The van der Waals surface area contributed by atoms with Crippen LogP contribution >= 0.6 is 0 Å². The Morgan fingerprint density at radius 2 is 2.07 bits per heavy atom. The maximum absolute atomic E-state index is 12.6. The lowest BCUT2D eigenvalue weighted by Crippen LogP contribution is -2.53. The van der Waals surface area contributed by atoms with Crippen LogP contribution in [-0.2, 0) is 16.1 Å². The Hall–Kier alpha value is -2.84. The quantitative estimate of drug-likeness (QED) is 0.768. The third-order valence-corrected chi connectivity index (χ3v) is 4.77. The molecule has 2 aromatic heterocycles. The van der Waals surface area contributed by atoms with Gasteiger partial charge in [0.05, 0.1) is 0 Å². The second kappa shape index (κ2) is 8.67. The van der Waals surface area contributed by atoms with Crippen LogP contribution in [0.5, 0.6) is 0 Å². The third-order valence-electron chi connectivity index (χ3n) is 4.77. The number of carbonyl (C=O) groups is 2. The van der Waals surface area contributed by atoms with E-state index in [0.717, 1.165) is 12.8 Å². The number of hydrogen-bond acceptors (Lipinski definition) is 5. The Kier molecular flexibility index (Phi) is 6.24. The average molecular weight is 403 g/mol. The van der Waals surface area contributed by atoms with Crippen LogP contribution in [0.2, 0.25) is 0 Å². The molecule has 0 radical (unpaired) electrons. The highest BCUT2D eigenvalue weighted by Crippen LogP contribution is 2.20. The molecule has 1 unspecified atom stereocenters. The fourth-order valence-electron chi connectivity index (χ4n) is 3.42. The summed E-state index contributed by atoms with van der Waals surface area (Å²) in [5.74, 6) is -0.182. The van der Waals surface area contributed by atoms with Gasteiger partial charge in [0.1, 0.15) is 11.6 Å². The first-order valence-electron chi connectivity index (χ1n) is 10.1. The second-order valence-electron chi connectivity index (χ2n) is 8.26. The van der Waals surface area contributed by atoms with Crippen LogP contribution in [0.1, 0.15) is 46.5 Å². The minimum absolute atomic E-state index is 0.182. The van der Waals surface area contributed by atoms with Crippen molar-refractivity contribution in [2.75, 3.05) is 13.1 Å². The summed E-state index contributed by atoms with van der Waals surface area (Å²) in [6.45, 7) is 6.75. The van der Waals surface area contributed by atoms with Crippen molar-refractivity contribution in [3.05, 3.63) is 34.9 Å². The minimum atomic E-state index is -0.600. The zero-order valence-corrected chi connectivity index (χ0v) is 17.3. The van der Waals surface area contributed by atoms with Gasteiger partial charge in [-0.05, 0) is 58.6 Å². The fourth-order valence-corrected chi connectivity index (χ4v) is 3.42. The minimum Gasteiger partial charge on any atom is -0.444 e. The molecule has 0 bridgehead atoms. The lowest BCUT2D eigenvalue weighted by Gasteiger charge is -2.35. The molecule has 0 aromatic carbocycles. The van der Waals surface area contributed by atoms with Crippen LogP contribution in [0.4, 0.5) is 4.79 Å². The molecule has 1 N–H and O–H groups in total. The standard InChI is InChI=1S/C20H29N5O4/c1-20(2,3)29-19(28)23-12-6-4-9-15(23)17(26)21-11-8-14-25-18(27)24-13-7-5-10-16(24)22-25/h5,7,10,13,15H,4,6,8-9,11-12,14H2,1-3H3,(H,21,26). The van der Waals surface area contributed by atoms with Crippen molar-refractivity contribution in [2.24, 2.45) is 0 Å². The second-order valence-corrected chi connectivity index (χ2v) is 8.26. The van der Waals surface area contributed by atoms with Gasteiger partial charge in [-0.2, -0.15) is 0 Å². The van der Waals surface area contributed by atoms with Gasteiger partial charge in [0.15, 0.2) is 5.65 Å². The summed E-state index contributed by atoms with van der Waals surface area (Å²) in [5, 5.41) is 7.16. The molecule has 158 valence electrons. The predicted octanol–water partition coefficient (Wildman–Crippen LogP) is 1.79. The zero-order chi connectivity index (χ0) is 21.0. The van der Waals surface area contributed by atoms with Gasteiger partial charge in [-0.25, -0.2) is 14.3 Å². The van der Waals surface area contributed by atoms with Gasteiger partial charge in [0.25, 0.3) is 0 Å². The molecule has 9 heteroatoms. The van der Waals surface area contributed by atoms with Crippen molar-refractivity contribution in [2.45, 2.75) is 64.6 Å². The van der Waals surface area contributed by atoms with Gasteiger partial charge < -0.3 is 10.1 Å². The molecule has 0 saturated carbocycles. The Morgan fingerprint density at radius 3 is 2.79 bits per heavy atom. The van der Waals surface area contributed by atoms with E-state index in [-0.39, 0.29) is 11.6 Å². The number of fused-ring (bicyclic) bond motifs is 1. The summed E-state index contributed by atoms with van der Waals surface area (Å²) < 4.78 is 8.32. The monoisotopic (exact) mass is 403 g/mol. The summed E-state index contributed by atoms with van der Waals surface area (Å²) in [6, 6.07) is 4.86. The number of pyridine rings is 1. The molecule has 2 amide bonds. The highest BCUT2D eigenvalue weighted by atomic mass is 16.6. The smallest absolute Gasteiger partial charge is 0.410 e. The number of likely N-dealkylation sites (tertiary alicyclic amines) is 1. The van der Waals surface area contributed by atoms with E-state index in [1.165, 1.54) is 14.0 Å². The van der Waals surface area contributed by atoms with Gasteiger partial charge in [0, 0.05) is 25.8 Å². The van der Waals surface area contributed by atoms with Crippen LogP contribution < -0.4 is 11.0 Å². The summed E-state index contributed by atoms with van der Waals surface area (Å²) >= 11 is 0. The molecular weight excluding hydrogens is 374 g/mol. The van der Waals surface area contributed by atoms with Crippen molar-refractivity contribution < 1.29 is 14.3 Å². The number of aromatic nitrogens is 3. The molecule has 9 nitrogen and oxygen atoms in total. The van der Waals surface area contributed by atoms with E-state index >= 15 is 0 Å². The number of rotatable bonds is 5. The highest BCUT2D eigenvalue weighted by Gasteiger charge is 2.34. The van der Waals surface area contributed by atoms with E-state index in [1.54, 1.807) is 18.3 Å². The maximum Gasteiger partial charge on any atom is 0.410 e. The Balaban J connectivity index is 1.52. The van der Waals surface area contributed by atoms with E-state index in [0.29, 0.717) is 38.1 Å². The fraction of sp³-hybridized carbons (Fsp3) is 0.600. The number of ether oxygens (including phenoxy) is 1. The zero-order valence-electron chi connectivity index (χ0n) is 17.3. The molecule has 0 aliphatic carbocycles. The number of aryl methyl sites for hydroxylation is 1.